The lowest BCUT2D eigenvalue weighted by molar-refractivity contribution is -0.115. The van der Waals surface area contributed by atoms with Crippen LogP contribution in [0, 0.1) is 6.92 Å². The number of amides is 2. The van der Waals surface area contributed by atoms with Gasteiger partial charge in [0, 0.05) is 25.6 Å². The van der Waals surface area contributed by atoms with E-state index < -0.39 is 5.60 Å². The minimum Gasteiger partial charge on any atom is -0.459 e. The van der Waals surface area contributed by atoms with Crippen molar-refractivity contribution < 1.29 is 18.8 Å². The fourth-order valence-electron chi connectivity index (χ4n) is 3.22. The molecular weight excluding hydrogens is 350 g/mol. The van der Waals surface area contributed by atoms with Gasteiger partial charge < -0.3 is 19.5 Å². The van der Waals surface area contributed by atoms with E-state index in [9.17, 15) is 9.59 Å². The first-order valence-electron chi connectivity index (χ1n) is 8.68. The van der Waals surface area contributed by atoms with Crippen LogP contribution in [0.25, 0.3) is 0 Å². The van der Waals surface area contributed by atoms with Gasteiger partial charge in [0.15, 0.2) is 11.4 Å². The maximum absolute atomic E-state index is 12.4. The Kier molecular flexibility index (Phi) is 4.35. The molecule has 4 rings (SSSR count). The first-order valence-corrected chi connectivity index (χ1v) is 8.68. The molecule has 1 fully saturated rings. The Hall–Kier alpha value is -3.23. The number of hydrogen-bond donors (Lipinski definition) is 1. The molecule has 2 aromatic rings. The lowest BCUT2D eigenvalue weighted by Gasteiger charge is -2.21. The summed E-state index contributed by atoms with van der Waals surface area (Å²) in [6.45, 7) is 3.02. The number of aromatic nitrogens is 2. The normalized spacial score (nSPS) is 21.2. The summed E-state index contributed by atoms with van der Waals surface area (Å²) in [5.74, 6) is -0.190. The van der Waals surface area contributed by atoms with Crippen molar-refractivity contribution >= 4 is 17.5 Å². The summed E-state index contributed by atoms with van der Waals surface area (Å²) in [6, 6.07) is 3.31. The van der Waals surface area contributed by atoms with Gasteiger partial charge in [-0.2, -0.15) is 0 Å². The zero-order chi connectivity index (χ0) is 18.9. The third-order valence-electron chi connectivity index (χ3n) is 4.70. The smallest absolute Gasteiger partial charge is 0.289 e. The van der Waals surface area contributed by atoms with Crippen LogP contribution in [0.3, 0.4) is 0 Å². The molecular formula is C18H19N5O4. The summed E-state index contributed by atoms with van der Waals surface area (Å²) in [4.78, 5) is 40.3. The van der Waals surface area contributed by atoms with Gasteiger partial charge in [-0.1, -0.05) is 5.16 Å². The molecule has 1 spiro atoms. The summed E-state index contributed by atoms with van der Waals surface area (Å²) >= 11 is 0. The zero-order valence-corrected chi connectivity index (χ0v) is 14.8. The molecule has 27 heavy (non-hydrogen) atoms. The fourth-order valence-corrected chi connectivity index (χ4v) is 3.22. The Morgan fingerprint density at radius 3 is 2.96 bits per heavy atom. The van der Waals surface area contributed by atoms with Crippen LogP contribution in [0.2, 0.25) is 0 Å². The summed E-state index contributed by atoms with van der Waals surface area (Å²) in [6.07, 6.45) is 5.72. The van der Waals surface area contributed by atoms with Gasteiger partial charge in [0.1, 0.15) is 5.71 Å². The Morgan fingerprint density at radius 1 is 1.33 bits per heavy atom. The number of nitrogens with one attached hydrogen (secondary N) is 1. The largest absolute Gasteiger partial charge is 0.459 e. The van der Waals surface area contributed by atoms with Crippen molar-refractivity contribution in [3.05, 3.63) is 47.9 Å². The van der Waals surface area contributed by atoms with Crippen LogP contribution in [0.15, 0.2) is 40.4 Å². The molecule has 4 heterocycles. The molecule has 2 aliphatic rings. The highest BCUT2D eigenvalue weighted by Gasteiger charge is 2.48. The number of carbonyl (C=O) groups is 2. The van der Waals surface area contributed by atoms with Gasteiger partial charge in [-0.05, 0) is 19.1 Å². The fraction of sp³-hybridized carbons (Fsp3) is 0.389. The third kappa shape index (κ3) is 3.53. The van der Waals surface area contributed by atoms with E-state index in [1.54, 1.807) is 29.4 Å². The maximum Gasteiger partial charge on any atom is 0.289 e. The number of furan rings is 1. The van der Waals surface area contributed by atoms with E-state index >= 15 is 0 Å². The molecule has 2 aliphatic heterocycles. The second-order valence-corrected chi connectivity index (χ2v) is 6.77. The SMILES string of the molecule is Cc1cnc(CNC(=O)C2=NO[C@]3(CCN(C(=O)c4ccco4)C3)C2)cn1. The summed E-state index contributed by atoms with van der Waals surface area (Å²) in [5, 5.41) is 6.74. The van der Waals surface area contributed by atoms with Crippen LogP contribution < -0.4 is 5.32 Å². The lowest BCUT2D eigenvalue weighted by Crippen LogP contribution is -2.38. The molecule has 1 saturated heterocycles. The van der Waals surface area contributed by atoms with E-state index in [-0.39, 0.29) is 18.4 Å². The molecule has 0 saturated carbocycles. The highest BCUT2D eigenvalue weighted by atomic mass is 16.7. The van der Waals surface area contributed by atoms with Gasteiger partial charge in [0.05, 0.1) is 36.9 Å². The lowest BCUT2D eigenvalue weighted by atomic mass is 9.96. The van der Waals surface area contributed by atoms with Gasteiger partial charge >= 0.3 is 0 Å². The van der Waals surface area contributed by atoms with Crippen LogP contribution in [0.5, 0.6) is 0 Å². The molecule has 1 N–H and O–H groups in total. The predicted molar refractivity (Wildman–Crippen MR) is 93.7 cm³/mol. The van der Waals surface area contributed by atoms with Gasteiger partial charge in [0.2, 0.25) is 0 Å². The minimum absolute atomic E-state index is 0.184. The topological polar surface area (TPSA) is 110 Å². The molecule has 1 atom stereocenters. The van der Waals surface area contributed by atoms with Gasteiger partial charge in [-0.25, -0.2) is 0 Å². The quantitative estimate of drug-likeness (QED) is 0.863. The monoisotopic (exact) mass is 369 g/mol. The average Bonchev–Trinajstić information content (AvgIpc) is 3.43. The Morgan fingerprint density at radius 2 is 2.22 bits per heavy atom. The molecule has 0 unspecified atom stereocenters. The van der Waals surface area contributed by atoms with E-state index in [0.717, 1.165) is 5.69 Å². The molecule has 0 radical (unpaired) electrons. The first-order chi connectivity index (χ1) is 13.0. The van der Waals surface area contributed by atoms with Crippen molar-refractivity contribution in [2.45, 2.75) is 31.9 Å². The van der Waals surface area contributed by atoms with Crippen LogP contribution in [-0.4, -0.2) is 51.1 Å². The maximum atomic E-state index is 12.4. The Labute approximate surface area is 155 Å². The van der Waals surface area contributed by atoms with Crippen molar-refractivity contribution in [3.8, 4) is 0 Å². The highest BCUT2D eigenvalue weighted by molar-refractivity contribution is 6.39. The molecule has 0 aromatic carbocycles. The number of nitrogens with zero attached hydrogens (tertiary/aromatic N) is 4. The van der Waals surface area contributed by atoms with Crippen molar-refractivity contribution in [1.82, 2.24) is 20.2 Å². The Balaban J connectivity index is 1.32. The second kappa shape index (κ2) is 6.82. The number of hydrogen-bond acceptors (Lipinski definition) is 7. The standard InChI is InChI=1S/C18H19N5O4/c1-12-8-20-13(9-19-12)10-21-16(24)14-7-18(27-22-14)4-5-23(11-18)17(25)15-3-2-6-26-15/h2-3,6,8-9H,4-5,7,10-11H2,1H3,(H,21,24)/t18-/m1/s1. The molecule has 140 valence electrons. The number of aryl methyl sites for hydroxylation is 1. The molecule has 0 bridgehead atoms. The van der Waals surface area contributed by atoms with Crippen molar-refractivity contribution in [2.75, 3.05) is 13.1 Å². The molecule has 2 amide bonds. The van der Waals surface area contributed by atoms with E-state index in [0.29, 0.717) is 43.1 Å². The highest BCUT2D eigenvalue weighted by Crippen LogP contribution is 2.34. The molecule has 2 aromatic heterocycles. The third-order valence-corrected chi connectivity index (χ3v) is 4.70. The van der Waals surface area contributed by atoms with Gasteiger partial charge in [0.25, 0.3) is 11.8 Å². The molecule has 0 aliphatic carbocycles. The first kappa shape index (κ1) is 17.2. The summed E-state index contributed by atoms with van der Waals surface area (Å²) in [7, 11) is 0. The number of oxime groups is 1. The van der Waals surface area contributed by atoms with Crippen molar-refractivity contribution in [1.29, 1.82) is 0 Å². The van der Waals surface area contributed by atoms with Crippen LogP contribution in [0.4, 0.5) is 0 Å². The number of rotatable bonds is 4. The van der Waals surface area contributed by atoms with Crippen molar-refractivity contribution in [3.63, 3.8) is 0 Å². The van der Waals surface area contributed by atoms with E-state index in [4.69, 9.17) is 9.25 Å². The molecule has 9 nitrogen and oxygen atoms in total. The second-order valence-electron chi connectivity index (χ2n) is 6.77. The Bertz CT molecular complexity index is 878. The summed E-state index contributed by atoms with van der Waals surface area (Å²) in [5.41, 5.74) is 1.16. The van der Waals surface area contributed by atoms with Crippen LogP contribution >= 0.6 is 0 Å². The van der Waals surface area contributed by atoms with E-state index in [1.807, 2.05) is 6.92 Å². The average molecular weight is 369 g/mol. The van der Waals surface area contributed by atoms with Crippen molar-refractivity contribution in [2.24, 2.45) is 5.16 Å². The minimum atomic E-state index is -0.640. The van der Waals surface area contributed by atoms with E-state index in [2.05, 4.69) is 20.4 Å². The number of likely N-dealkylation sites (tertiary alicyclic amines) is 1. The molecule has 9 heteroatoms. The van der Waals surface area contributed by atoms with Gasteiger partial charge in [-0.15, -0.1) is 0 Å². The zero-order valence-electron chi connectivity index (χ0n) is 14.8. The number of carbonyl (C=O) groups excluding carboxylic acids is 2. The van der Waals surface area contributed by atoms with Crippen LogP contribution in [-0.2, 0) is 16.2 Å². The van der Waals surface area contributed by atoms with Gasteiger partial charge in [-0.3, -0.25) is 19.6 Å². The predicted octanol–water partition coefficient (Wildman–Crippen LogP) is 1.06. The van der Waals surface area contributed by atoms with Crippen LogP contribution in [0.1, 0.15) is 34.8 Å². The van der Waals surface area contributed by atoms with E-state index in [1.165, 1.54) is 6.26 Å². The summed E-state index contributed by atoms with van der Waals surface area (Å²) < 4.78 is 5.16.